The summed E-state index contributed by atoms with van der Waals surface area (Å²) in [5.74, 6) is 0.347. The molecule has 7 nitrogen and oxygen atoms in total. The topological polar surface area (TPSA) is 90.9 Å². The Morgan fingerprint density at radius 3 is 2.56 bits per heavy atom. The van der Waals surface area contributed by atoms with Crippen molar-refractivity contribution in [3.8, 4) is 5.75 Å². The Bertz CT molecular complexity index is 956. The van der Waals surface area contributed by atoms with Crippen LogP contribution >= 0.6 is 0 Å². The number of hydrogen-bond donors (Lipinski definition) is 3. The van der Waals surface area contributed by atoms with Crippen LogP contribution in [0.2, 0.25) is 0 Å². The summed E-state index contributed by atoms with van der Waals surface area (Å²) in [4.78, 5) is 26.2. The first-order chi connectivity index (χ1) is 15.5. The van der Waals surface area contributed by atoms with E-state index in [0.717, 1.165) is 19.3 Å². The van der Waals surface area contributed by atoms with Crippen molar-refractivity contribution < 1.29 is 19.4 Å². The zero-order valence-electron chi connectivity index (χ0n) is 18.4. The first-order valence-corrected chi connectivity index (χ1v) is 11.3. The standard InChI is InChI=1S/C25H31N3O4/c1-17(29)28-12-10-20(11-13-28)32-24-9-5-4-8-21(24)25(31)27-16-23(30)22-14-18-6-2-3-7-19(18)15-26-22/h2-9,20,22-23,26,30H,10-16H2,1H3,(H,27,31)/t22-,23?/m0/s1. The number of aliphatic hydroxyl groups excluding tert-OH is 1. The van der Waals surface area contributed by atoms with Crippen molar-refractivity contribution in [1.29, 1.82) is 0 Å². The molecular weight excluding hydrogens is 406 g/mol. The fourth-order valence-electron chi connectivity index (χ4n) is 4.41. The molecule has 1 fully saturated rings. The smallest absolute Gasteiger partial charge is 0.255 e. The fourth-order valence-corrected chi connectivity index (χ4v) is 4.41. The summed E-state index contributed by atoms with van der Waals surface area (Å²) >= 11 is 0. The Labute approximate surface area is 188 Å². The molecule has 0 bridgehead atoms. The lowest BCUT2D eigenvalue weighted by atomic mass is 9.93. The van der Waals surface area contributed by atoms with Crippen LogP contribution in [0.4, 0.5) is 0 Å². The highest BCUT2D eigenvalue weighted by atomic mass is 16.5. The second-order valence-corrected chi connectivity index (χ2v) is 8.56. The molecule has 0 spiro atoms. The van der Waals surface area contributed by atoms with E-state index in [1.807, 2.05) is 23.1 Å². The first-order valence-electron chi connectivity index (χ1n) is 11.3. The number of carbonyl (C=O) groups is 2. The van der Waals surface area contributed by atoms with E-state index in [1.165, 1.54) is 11.1 Å². The molecule has 2 aromatic rings. The highest BCUT2D eigenvalue weighted by molar-refractivity contribution is 5.96. The lowest BCUT2D eigenvalue weighted by Crippen LogP contribution is -2.49. The van der Waals surface area contributed by atoms with Gasteiger partial charge in [-0.15, -0.1) is 0 Å². The summed E-state index contributed by atoms with van der Waals surface area (Å²) in [6.45, 7) is 3.78. The number of piperidine rings is 1. The van der Waals surface area contributed by atoms with Crippen LogP contribution in [0.5, 0.6) is 5.75 Å². The number of nitrogens with one attached hydrogen (secondary N) is 2. The number of amides is 2. The molecule has 0 saturated carbocycles. The number of para-hydroxylation sites is 1. The van der Waals surface area contributed by atoms with Crippen LogP contribution in [0.1, 0.15) is 41.3 Å². The number of benzene rings is 2. The summed E-state index contributed by atoms with van der Waals surface area (Å²) in [6.07, 6.45) is 1.48. The third-order valence-electron chi connectivity index (χ3n) is 6.36. The number of carbonyl (C=O) groups excluding carboxylic acids is 2. The number of nitrogens with zero attached hydrogens (tertiary/aromatic N) is 1. The van der Waals surface area contributed by atoms with E-state index in [9.17, 15) is 14.7 Å². The summed E-state index contributed by atoms with van der Waals surface area (Å²) in [7, 11) is 0. The van der Waals surface area contributed by atoms with Crippen LogP contribution in [-0.4, -0.2) is 59.7 Å². The molecule has 2 atom stereocenters. The van der Waals surface area contributed by atoms with E-state index >= 15 is 0 Å². The Hall–Kier alpha value is -2.90. The molecule has 0 radical (unpaired) electrons. The van der Waals surface area contributed by atoms with E-state index in [2.05, 4.69) is 22.8 Å². The van der Waals surface area contributed by atoms with Gasteiger partial charge in [-0.25, -0.2) is 0 Å². The number of likely N-dealkylation sites (tertiary alicyclic amines) is 1. The molecular formula is C25H31N3O4. The van der Waals surface area contributed by atoms with Crippen molar-refractivity contribution in [3.63, 3.8) is 0 Å². The number of hydrogen-bond acceptors (Lipinski definition) is 5. The minimum Gasteiger partial charge on any atom is -0.489 e. The molecule has 2 heterocycles. The molecule has 7 heteroatoms. The number of fused-ring (bicyclic) bond motifs is 1. The highest BCUT2D eigenvalue weighted by Crippen LogP contribution is 2.23. The minimum atomic E-state index is -0.698. The quantitative estimate of drug-likeness (QED) is 0.642. The molecule has 2 aliphatic heterocycles. The van der Waals surface area contributed by atoms with Gasteiger partial charge in [0.05, 0.1) is 11.7 Å². The first kappa shape index (κ1) is 22.3. The maximum atomic E-state index is 12.9. The summed E-state index contributed by atoms with van der Waals surface area (Å²) in [6, 6.07) is 15.3. The molecule has 1 unspecified atom stereocenters. The van der Waals surface area contributed by atoms with Gasteiger partial charge in [0.15, 0.2) is 0 Å². The lowest BCUT2D eigenvalue weighted by molar-refractivity contribution is -0.130. The van der Waals surface area contributed by atoms with Crippen LogP contribution in [-0.2, 0) is 17.8 Å². The van der Waals surface area contributed by atoms with E-state index in [0.29, 0.717) is 30.9 Å². The Kier molecular flexibility index (Phi) is 7.07. The van der Waals surface area contributed by atoms with E-state index in [-0.39, 0.29) is 30.5 Å². The van der Waals surface area contributed by atoms with Gasteiger partial charge in [0.1, 0.15) is 11.9 Å². The van der Waals surface area contributed by atoms with Crippen molar-refractivity contribution >= 4 is 11.8 Å². The number of rotatable bonds is 6. The van der Waals surface area contributed by atoms with Gasteiger partial charge in [-0.2, -0.15) is 0 Å². The predicted molar refractivity (Wildman–Crippen MR) is 121 cm³/mol. The number of ether oxygens (including phenoxy) is 1. The van der Waals surface area contributed by atoms with Gasteiger partial charge in [0.2, 0.25) is 5.91 Å². The van der Waals surface area contributed by atoms with Gasteiger partial charge in [-0.1, -0.05) is 36.4 Å². The average Bonchev–Trinajstić information content (AvgIpc) is 2.82. The molecule has 2 aliphatic rings. The van der Waals surface area contributed by atoms with Gasteiger partial charge in [-0.05, 0) is 29.7 Å². The molecule has 2 aromatic carbocycles. The minimum absolute atomic E-state index is 0.0309. The van der Waals surface area contributed by atoms with Gasteiger partial charge in [0.25, 0.3) is 5.91 Å². The zero-order valence-corrected chi connectivity index (χ0v) is 18.4. The average molecular weight is 438 g/mol. The van der Waals surface area contributed by atoms with Crippen molar-refractivity contribution in [2.75, 3.05) is 19.6 Å². The van der Waals surface area contributed by atoms with Gasteiger partial charge < -0.3 is 25.4 Å². The SMILES string of the molecule is CC(=O)N1CCC(Oc2ccccc2C(=O)NCC(O)[C@@H]2Cc3ccccc3CN2)CC1. The maximum Gasteiger partial charge on any atom is 0.255 e. The fraction of sp³-hybridized carbons (Fsp3) is 0.440. The monoisotopic (exact) mass is 437 g/mol. The third kappa shape index (κ3) is 5.29. The van der Waals surface area contributed by atoms with Crippen LogP contribution in [0.25, 0.3) is 0 Å². The van der Waals surface area contributed by atoms with Crippen LogP contribution in [0, 0.1) is 0 Å². The largest absolute Gasteiger partial charge is 0.489 e. The summed E-state index contributed by atoms with van der Waals surface area (Å²) in [5.41, 5.74) is 2.94. The van der Waals surface area contributed by atoms with Gasteiger partial charge >= 0.3 is 0 Å². The van der Waals surface area contributed by atoms with Crippen LogP contribution in [0.3, 0.4) is 0 Å². The highest BCUT2D eigenvalue weighted by Gasteiger charge is 2.26. The van der Waals surface area contributed by atoms with Crippen molar-refractivity contribution in [2.24, 2.45) is 0 Å². The second-order valence-electron chi connectivity index (χ2n) is 8.56. The Balaban J connectivity index is 1.32. The predicted octanol–water partition coefficient (Wildman–Crippen LogP) is 1.88. The molecule has 1 saturated heterocycles. The molecule has 4 rings (SSSR count). The van der Waals surface area contributed by atoms with Gasteiger partial charge in [-0.3, -0.25) is 9.59 Å². The van der Waals surface area contributed by atoms with Crippen molar-refractivity contribution in [3.05, 3.63) is 65.2 Å². The Morgan fingerprint density at radius 1 is 1.12 bits per heavy atom. The van der Waals surface area contributed by atoms with Crippen LogP contribution < -0.4 is 15.4 Å². The maximum absolute atomic E-state index is 12.9. The van der Waals surface area contributed by atoms with E-state index in [4.69, 9.17) is 4.74 Å². The molecule has 0 aliphatic carbocycles. The van der Waals surface area contributed by atoms with E-state index < -0.39 is 6.10 Å². The zero-order chi connectivity index (χ0) is 22.5. The summed E-state index contributed by atoms with van der Waals surface area (Å²) in [5, 5.41) is 16.9. The summed E-state index contributed by atoms with van der Waals surface area (Å²) < 4.78 is 6.12. The third-order valence-corrected chi connectivity index (χ3v) is 6.36. The second kappa shape index (κ2) is 10.1. The normalized spacial score (nSPS) is 19.7. The lowest BCUT2D eigenvalue weighted by Gasteiger charge is -2.32. The molecule has 3 N–H and O–H groups in total. The van der Waals surface area contributed by atoms with E-state index in [1.54, 1.807) is 25.1 Å². The number of aliphatic hydroxyl groups is 1. The molecule has 170 valence electrons. The van der Waals surface area contributed by atoms with Gasteiger partial charge in [0, 0.05) is 52.0 Å². The Morgan fingerprint density at radius 2 is 1.81 bits per heavy atom. The molecule has 0 aromatic heterocycles. The molecule has 32 heavy (non-hydrogen) atoms. The molecule has 2 amide bonds. The van der Waals surface area contributed by atoms with Crippen molar-refractivity contribution in [2.45, 2.75) is 51.0 Å². The van der Waals surface area contributed by atoms with Crippen molar-refractivity contribution in [1.82, 2.24) is 15.5 Å². The van der Waals surface area contributed by atoms with Crippen LogP contribution in [0.15, 0.2) is 48.5 Å².